The summed E-state index contributed by atoms with van der Waals surface area (Å²) in [6.07, 6.45) is 2.99. The molecule has 0 N–H and O–H groups in total. The lowest BCUT2D eigenvalue weighted by molar-refractivity contribution is 0.724. The highest BCUT2D eigenvalue weighted by molar-refractivity contribution is 6.35. The van der Waals surface area contributed by atoms with Crippen LogP contribution < -0.4 is 0 Å². The van der Waals surface area contributed by atoms with E-state index in [-0.39, 0.29) is 0 Å². The van der Waals surface area contributed by atoms with Gasteiger partial charge in [-0.25, -0.2) is 4.98 Å². The molecule has 2 heterocycles. The molecule has 4 aromatic rings. The fourth-order valence-electron chi connectivity index (χ4n) is 3.00. The average Bonchev–Trinajstić information content (AvgIpc) is 2.98. The number of pyridine rings is 1. The van der Waals surface area contributed by atoms with Gasteiger partial charge in [0, 0.05) is 28.5 Å². The first-order valence-corrected chi connectivity index (χ1v) is 8.25. The summed E-state index contributed by atoms with van der Waals surface area (Å²) in [6.45, 7) is 0.869. The number of halogens is 2. The molecule has 0 saturated heterocycles. The van der Waals surface area contributed by atoms with E-state index in [1.54, 1.807) is 0 Å². The largest absolute Gasteiger partial charge is 0.347 e. The maximum Gasteiger partial charge on any atom is 0.139 e. The number of hydrogen-bond acceptors (Lipinski definition) is 1. The van der Waals surface area contributed by atoms with E-state index in [2.05, 4.69) is 27.9 Å². The van der Waals surface area contributed by atoms with E-state index in [0.717, 1.165) is 39.8 Å². The second kappa shape index (κ2) is 5.88. The van der Waals surface area contributed by atoms with Gasteiger partial charge in [0.05, 0.1) is 11.0 Å². The maximum atomic E-state index is 6.35. The van der Waals surface area contributed by atoms with Crippen LogP contribution in [0.15, 0.2) is 60.8 Å². The highest BCUT2D eigenvalue weighted by atomic mass is 35.5. The summed E-state index contributed by atoms with van der Waals surface area (Å²) in [7, 11) is 0. The smallest absolute Gasteiger partial charge is 0.139 e. The van der Waals surface area contributed by atoms with Crippen molar-refractivity contribution in [3.63, 3.8) is 0 Å². The summed E-state index contributed by atoms with van der Waals surface area (Å²) < 4.78 is 2.24. The first kappa shape index (κ1) is 14.6. The van der Waals surface area contributed by atoms with Gasteiger partial charge in [-0.1, -0.05) is 53.5 Å². The van der Waals surface area contributed by atoms with E-state index in [1.165, 1.54) is 5.56 Å². The van der Waals surface area contributed by atoms with Gasteiger partial charge in [0.1, 0.15) is 5.15 Å². The van der Waals surface area contributed by atoms with Gasteiger partial charge < -0.3 is 4.57 Å². The number of benzene rings is 2. The Hall–Kier alpha value is -2.03. The fourth-order valence-corrected chi connectivity index (χ4v) is 3.46. The van der Waals surface area contributed by atoms with Crippen molar-refractivity contribution in [1.29, 1.82) is 0 Å². The highest BCUT2D eigenvalue weighted by Gasteiger charge is 2.11. The van der Waals surface area contributed by atoms with Crippen molar-refractivity contribution in [2.75, 3.05) is 0 Å². The average molecular weight is 341 g/mol. The van der Waals surface area contributed by atoms with Gasteiger partial charge in [-0.15, -0.1) is 0 Å². The molecule has 0 spiro atoms. The number of para-hydroxylation sites is 1. The number of rotatable bonds is 3. The zero-order valence-corrected chi connectivity index (χ0v) is 13.8. The van der Waals surface area contributed by atoms with E-state index in [0.29, 0.717) is 5.15 Å². The molecule has 2 aromatic heterocycles. The van der Waals surface area contributed by atoms with Gasteiger partial charge >= 0.3 is 0 Å². The Bertz CT molecular complexity index is 1000. The molecule has 4 heteroatoms. The van der Waals surface area contributed by atoms with Crippen molar-refractivity contribution < 1.29 is 0 Å². The number of fused-ring (bicyclic) bond motifs is 3. The molecule has 4 rings (SSSR count). The molecule has 0 unspecified atom stereocenters. The van der Waals surface area contributed by atoms with Gasteiger partial charge in [0.25, 0.3) is 0 Å². The minimum atomic E-state index is 0.556. The summed E-state index contributed by atoms with van der Waals surface area (Å²) in [6, 6.07) is 18.1. The predicted molar refractivity (Wildman–Crippen MR) is 97.4 cm³/mol. The first-order chi connectivity index (χ1) is 11.2. The molecule has 0 aliphatic rings. The lowest BCUT2D eigenvalue weighted by Gasteiger charge is -2.09. The van der Waals surface area contributed by atoms with Crippen molar-refractivity contribution in [1.82, 2.24) is 9.55 Å². The van der Waals surface area contributed by atoms with Crippen LogP contribution in [0.5, 0.6) is 0 Å². The fraction of sp³-hybridized carbons (Fsp3) is 0.105. The number of aryl methyl sites for hydroxylation is 2. The number of hydrogen-bond donors (Lipinski definition) is 0. The topological polar surface area (TPSA) is 17.8 Å². The van der Waals surface area contributed by atoms with Crippen molar-refractivity contribution in [3.05, 3.63) is 76.5 Å². The van der Waals surface area contributed by atoms with Crippen molar-refractivity contribution in [2.45, 2.75) is 13.0 Å². The molecule has 0 atom stereocenters. The molecule has 0 radical (unpaired) electrons. The minimum Gasteiger partial charge on any atom is -0.347 e. The van der Waals surface area contributed by atoms with Crippen LogP contribution in [0.2, 0.25) is 10.2 Å². The van der Waals surface area contributed by atoms with E-state index in [1.807, 2.05) is 42.5 Å². The lowest BCUT2D eigenvalue weighted by Crippen LogP contribution is -2.00. The lowest BCUT2D eigenvalue weighted by atomic mass is 10.1. The van der Waals surface area contributed by atoms with Crippen LogP contribution in [0.25, 0.3) is 21.8 Å². The highest BCUT2D eigenvalue weighted by Crippen LogP contribution is 2.30. The Balaban J connectivity index is 1.78. The van der Waals surface area contributed by atoms with Crippen LogP contribution in [0.1, 0.15) is 5.56 Å². The Labute approximate surface area is 144 Å². The predicted octanol–water partition coefficient (Wildman–Crippen LogP) is 5.74. The molecule has 114 valence electrons. The summed E-state index contributed by atoms with van der Waals surface area (Å²) in [5.41, 5.74) is 3.29. The minimum absolute atomic E-state index is 0.556. The third-order valence-electron chi connectivity index (χ3n) is 4.09. The van der Waals surface area contributed by atoms with Crippen molar-refractivity contribution >= 4 is 45.0 Å². The molecule has 0 fully saturated rings. The molecule has 2 aromatic carbocycles. The van der Waals surface area contributed by atoms with Crippen molar-refractivity contribution in [2.24, 2.45) is 0 Å². The van der Waals surface area contributed by atoms with Crippen LogP contribution >= 0.6 is 23.2 Å². The summed E-state index contributed by atoms with van der Waals surface area (Å²) in [4.78, 5) is 4.48. The second-order valence-electron chi connectivity index (χ2n) is 5.57. The van der Waals surface area contributed by atoms with Crippen LogP contribution in [0.3, 0.4) is 0 Å². The first-order valence-electron chi connectivity index (χ1n) is 7.50. The van der Waals surface area contributed by atoms with E-state index in [9.17, 15) is 0 Å². The summed E-state index contributed by atoms with van der Waals surface area (Å²) in [5, 5.41) is 3.46. The van der Waals surface area contributed by atoms with Crippen LogP contribution in [-0.2, 0) is 13.0 Å². The monoisotopic (exact) mass is 340 g/mol. The maximum absolute atomic E-state index is 6.35. The van der Waals surface area contributed by atoms with Gasteiger partial charge in [-0.3, -0.25) is 0 Å². The normalized spacial score (nSPS) is 11.4. The number of aromatic nitrogens is 2. The van der Waals surface area contributed by atoms with Crippen LogP contribution in [0, 0.1) is 0 Å². The van der Waals surface area contributed by atoms with E-state index in [4.69, 9.17) is 23.2 Å². The van der Waals surface area contributed by atoms with Crippen molar-refractivity contribution in [3.8, 4) is 0 Å². The standard InChI is InChI=1S/C19H14Cl2N2/c20-14-5-3-4-13(12-14)8-10-23-11-9-16-18(23)15-6-1-2-7-17(15)22-19(16)21/h1-7,9,11-12H,8,10H2. The quantitative estimate of drug-likeness (QED) is 0.435. The van der Waals surface area contributed by atoms with Gasteiger partial charge in [-0.05, 0) is 36.2 Å². The van der Waals surface area contributed by atoms with E-state index >= 15 is 0 Å². The molecule has 0 saturated carbocycles. The summed E-state index contributed by atoms with van der Waals surface area (Å²) >= 11 is 12.4. The Morgan fingerprint density at radius 3 is 2.65 bits per heavy atom. The third kappa shape index (κ3) is 2.69. The number of nitrogens with zero attached hydrogens (tertiary/aromatic N) is 2. The molecule has 2 nitrogen and oxygen atoms in total. The van der Waals surface area contributed by atoms with Crippen LogP contribution in [0.4, 0.5) is 0 Å². The van der Waals surface area contributed by atoms with Crippen LogP contribution in [-0.4, -0.2) is 9.55 Å². The van der Waals surface area contributed by atoms with Gasteiger partial charge in [0.15, 0.2) is 0 Å². The SMILES string of the molecule is Clc1cccc(CCn2ccc3c(Cl)nc4ccccc4c32)c1. The Kier molecular flexibility index (Phi) is 3.72. The second-order valence-corrected chi connectivity index (χ2v) is 6.37. The molecule has 0 aliphatic carbocycles. The zero-order valence-electron chi connectivity index (χ0n) is 12.3. The molecule has 0 amide bonds. The molecule has 23 heavy (non-hydrogen) atoms. The Morgan fingerprint density at radius 2 is 1.78 bits per heavy atom. The molecule has 0 aliphatic heterocycles. The molecule has 0 bridgehead atoms. The van der Waals surface area contributed by atoms with Gasteiger partial charge in [-0.2, -0.15) is 0 Å². The zero-order chi connectivity index (χ0) is 15.8. The molecular weight excluding hydrogens is 327 g/mol. The van der Waals surface area contributed by atoms with Gasteiger partial charge in [0.2, 0.25) is 0 Å². The molecular formula is C19H14Cl2N2. The third-order valence-corrected chi connectivity index (χ3v) is 4.62. The Morgan fingerprint density at radius 1 is 0.913 bits per heavy atom. The van der Waals surface area contributed by atoms with E-state index < -0.39 is 0 Å². The summed E-state index contributed by atoms with van der Waals surface area (Å²) in [5.74, 6) is 0.